The van der Waals surface area contributed by atoms with Crippen LogP contribution in [-0.2, 0) is 20.7 Å². The minimum atomic E-state index is -0.857. The number of ether oxygens (including phenoxy) is 1. The summed E-state index contributed by atoms with van der Waals surface area (Å²) < 4.78 is 37.9. The molecule has 0 spiro atoms. The first-order valence-corrected chi connectivity index (χ1v) is 14.3. The molecule has 3 amide bonds. The molecule has 230 valence electrons. The highest BCUT2D eigenvalue weighted by Gasteiger charge is 2.26. The van der Waals surface area contributed by atoms with E-state index >= 15 is 0 Å². The SMILES string of the molecule is CN1CCN(C(=O)CC[C@@H](COC(=O)Nc2cc(-c3cccc(F)c3)no2)N(C)C(=O)CCc2cccc(F)c2Cl)CC1. The van der Waals surface area contributed by atoms with Gasteiger partial charge < -0.3 is 24.0 Å². The van der Waals surface area contributed by atoms with Gasteiger partial charge in [-0.1, -0.05) is 41.0 Å². The average molecular weight is 618 g/mol. The third-order valence-electron chi connectivity index (χ3n) is 7.39. The zero-order chi connectivity index (χ0) is 30.9. The summed E-state index contributed by atoms with van der Waals surface area (Å²) in [6, 6.07) is 11.0. The molecule has 1 saturated heterocycles. The molecule has 13 heteroatoms. The predicted molar refractivity (Wildman–Crippen MR) is 156 cm³/mol. The van der Waals surface area contributed by atoms with Gasteiger partial charge in [0.15, 0.2) is 0 Å². The van der Waals surface area contributed by atoms with Crippen molar-refractivity contribution in [3.8, 4) is 11.3 Å². The summed E-state index contributed by atoms with van der Waals surface area (Å²) in [5, 5.41) is 6.24. The van der Waals surface area contributed by atoms with E-state index in [1.54, 1.807) is 24.1 Å². The van der Waals surface area contributed by atoms with Gasteiger partial charge in [-0.15, -0.1) is 0 Å². The van der Waals surface area contributed by atoms with Gasteiger partial charge in [-0.25, -0.2) is 13.6 Å². The molecule has 0 saturated carbocycles. The summed E-state index contributed by atoms with van der Waals surface area (Å²) in [6.07, 6.45) is -0.188. The Hall–Kier alpha value is -4.03. The molecule has 2 heterocycles. The summed E-state index contributed by atoms with van der Waals surface area (Å²) >= 11 is 6.04. The molecule has 1 aromatic heterocycles. The highest BCUT2D eigenvalue weighted by molar-refractivity contribution is 6.31. The molecule has 1 aliphatic rings. The van der Waals surface area contributed by atoms with E-state index < -0.39 is 23.8 Å². The van der Waals surface area contributed by atoms with Crippen LogP contribution >= 0.6 is 11.6 Å². The van der Waals surface area contributed by atoms with Crippen molar-refractivity contribution < 1.29 is 32.4 Å². The fourth-order valence-electron chi connectivity index (χ4n) is 4.68. The summed E-state index contributed by atoms with van der Waals surface area (Å²) in [4.78, 5) is 44.0. The van der Waals surface area contributed by atoms with Crippen LogP contribution in [0.25, 0.3) is 11.3 Å². The summed E-state index contributed by atoms with van der Waals surface area (Å²) in [6.45, 7) is 2.60. The Bertz CT molecular complexity index is 1430. The number of nitrogens with one attached hydrogen (secondary N) is 1. The molecular weight excluding hydrogens is 584 g/mol. The predicted octanol–water partition coefficient (Wildman–Crippen LogP) is 4.84. The van der Waals surface area contributed by atoms with Crippen LogP contribution in [0.15, 0.2) is 53.1 Å². The number of piperazine rings is 1. The van der Waals surface area contributed by atoms with Crippen molar-refractivity contribution in [2.24, 2.45) is 0 Å². The number of aromatic nitrogens is 1. The largest absolute Gasteiger partial charge is 0.447 e. The van der Waals surface area contributed by atoms with E-state index in [2.05, 4.69) is 15.4 Å². The lowest BCUT2D eigenvalue weighted by Crippen LogP contribution is -2.47. The minimum Gasteiger partial charge on any atom is -0.447 e. The number of hydrogen-bond donors (Lipinski definition) is 1. The molecule has 2 aromatic carbocycles. The normalized spacial score (nSPS) is 14.3. The first kappa shape index (κ1) is 31.9. The molecule has 10 nitrogen and oxygen atoms in total. The monoisotopic (exact) mass is 617 g/mol. The topological polar surface area (TPSA) is 108 Å². The fraction of sp³-hybridized carbons (Fsp3) is 0.400. The Balaban J connectivity index is 1.36. The second-order valence-corrected chi connectivity index (χ2v) is 10.8. The van der Waals surface area contributed by atoms with Crippen molar-refractivity contribution in [2.75, 3.05) is 52.2 Å². The second-order valence-electron chi connectivity index (χ2n) is 10.4. The molecule has 0 unspecified atom stereocenters. The van der Waals surface area contributed by atoms with Crippen LogP contribution in [0.1, 0.15) is 24.8 Å². The zero-order valence-corrected chi connectivity index (χ0v) is 24.8. The van der Waals surface area contributed by atoms with Gasteiger partial charge in [-0.3, -0.25) is 14.9 Å². The number of carbonyl (C=O) groups is 3. The maximum absolute atomic E-state index is 13.8. The van der Waals surface area contributed by atoms with E-state index in [0.717, 1.165) is 13.1 Å². The van der Waals surface area contributed by atoms with Gasteiger partial charge in [-0.05, 0) is 43.7 Å². The van der Waals surface area contributed by atoms with Crippen molar-refractivity contribution in [1.29, 1.82) is 0 Å². The van der Waals surface area contributed by atoms with E-state index in [9.17, 15) is 23.2 Å². The fourth-order valence-corrected chi connectivity index (χ4v) is 4.90. The number of halogens is 3. The Morgan fingerprint density at radius 1 is 1.09 bits per heavy atom. The van der Waals surface area contributed by atoms with Crippen LogP contribution in [0, 0.1) is 11.6 Å². The lowest BCUT2D eigenvalue weighted by molar-refractivity contribution is -0.136. The summed E-state index contributed by atoms with van der Waals surface area (Å²) in [5.41, 5.74) is 1.29. The van der Waals surface area contributed by atoms with Crippen molar-refractivity contribution in [1.82, 2.24) is 19.9 Å². The van der Waals surface area contributed by atoms with Crippen LogP contribution in [0.5, 0.6) is 0 Å². The third kappa shape index (κ3) is 8.98. The summed E-state index contributed by atoms with van der Waals surface area (Å²) in [7, 11) is 3.57. The van der Waals surface area contributed by atoms with Crippen molar-refractivity contribution in [3.63, 3.8) is 0 Å². The number of anilines is 1. The lowest BCUT2D eigenvalue weighted by atomic mass is 10.1. The Morgan fingerprint density at radius 3 is 2.58 bits per heavy atom. The molecule has 0 radical (unpaired) electrons. The molecule has 1 aliphatic heterocycles. The Morgan fingerprint density at radius 2 is 1.84 bits per heavy atom. The maximum Gasteiger partial charge on any atom is 0.414 e. The van der Waals surface area contributed by atoms with E-state index in [1.165, 1.54) is 41.3 Å². The average Bonchev–Trinajstić information content (AvgIpc) is 3.46. The quantitative estimate of drug-likeness (QED) is 0.328. The van der Waals surface area contributed by atoms with Gasteiger partial charge in [0.05, 0.1) is 11.1 Å². The number of hydrogen-bond acceptors (Lipinski definition) is 7. The number of benzene rings is 2. The number of aryl methyl sites for hydroxylation is 1. The van der Waals surface area contributed by atoms with Gasteiger partial charge >= 0.3 is 6.09 Å². The number of rotatable bonds is 11. The molecule has 1 atom stereocenters. The van der Waals surface area contributed by atoms with Gasteiger partial charge in [0.1, 0.15) is 23.9 Å². The van der Waals surface area contributed by atoms with Gasteiger partial charge in [0.25, 0.3) is 0 Å². The van der Waals surface area contributed by atoms with Gasteiger partial charge in [0.2, 0.25) is 17.7 Å². The van der Waals surface area contributed by atoms with E-state index in [1.807, 2.05) is 7.05 Å². The number of nitrogens with zero attached hydrogens (tertiary/aromatic N) is 4. The Kier molecular flexibility index (Phi) is 11.1. The van der Waals surface area contributed by atoms with E-state index in [0.29, 0.717) is 29.9 Å². The molecule has 43 heavy (non-hydrogen) atoms. The smallest absolute Gasteiger partial charge is 0.414 e. The summed E-state index contributed by atoms with van der Waals surface area (Å²) in [5.74, 6) is -1.33. The molecule has 1 fully saturated rings. The molecular formula is C30H34ClF2N5O5. The number of carbonyl (C=O) groups excluding carboxylic acids is 3. The molecule has 1 N–H and O–H groups in total. The zero-order valence-electron chi connectivity index (χ0n) is 24.0. The standard InChI is InChI=1S/C30H34ClF2N5O5/c1-36-13-15-38(16-14-36)28(40)12-10-23(37(2)27(39)11-9-20-5-4-8-24(33)29(20)31)19-42-30(41)34-26-18-25(35-43-26)21-6-3-7-22(32)17-21/h3-8,17-18,23H,9-16,19H2,1-2H3,(H,34,41)/t23-/m0/s1. The van der Waals surface area contributed by atoms with Gasteiger partial charge in [-0.2, -0.15) is 0 Å². The number of amides is 3. The van der Waals surface area contributed by atoms with Crippen molar-refractivity contribution in [2.45, 2.75) is 31.7 Å². The maximum atomic E-state index is 13.8. The molecule has 0 bridgehead atoms. The van der Waals surface area contributed by atoms with E-state index in [4.69, 9.17) is 20.9 Å². The van der Waals surface area contributed by atoms with Crippen LogP contribution < -0.4 is 5.32 Å². The van der Waals surface area contributed by atoms with Crippen LogP contribution in [0.2, 0.25) is 5.02 Å². The van der Waals surface area contributed by atoms with Crippen LogP contribution in [-0.4, -0.2) is 90.7 Å². The highest BCUT2D eigenvalue weighted by atomic mass is 35.5. The molecule has 0 aliphatic carbocycles. The Labute approximate surface area is 253 Å². The van der Waals surface area contributed by atoms with Gasteiger partial charge in [0, 0.05) is 57.7 Å². The molecule has 3 aromatic rings. The van der Waals surface area contributed by atoms with E-state index in [-0.39, 0.29) is 55.0 Å². The highest BCUT2D eigenvalue weighted by Crippen LogP contribution is 2.23. The van der Waals surface area contributed by atoms with Crippen molar-refractivity contribution in [3.05, 3.63) is 70.8 Å². The second kappa shape index (κ2) is 14.9. The minimum absolute atomic E-state index is 0.0116. The molecule has 4 rings (SSSR count). The van der Waals surface area contributed by atoms with Crippen LogP contribution in [0.4, 0.5) is 19.5 Å². The third-order valence-corrected chi connectivity index (χ3v) is 7.81. The first-order valence-electron chi connectivity index (χ1n) is 13.9. The van der Waals surface area contributed by atoms with Crippen molar-refractivity contribution >= 4 is 35.4 Å². The lowest BCUT2D eigenvalue weighted by Gasteiger charge is -2.33. The van der Waals surface area contributed by atoms with Crippen LogP contribution in [0.3, 0.4) is 0 Å². The first-order chi connectivity index (χ1) is 20.6. The number of likely N-dealkylation sites (N-methyl/N-ethyl adjacent to an activating group) is 2.